The molecule has 2 aromatic carbocycles. The van der Waals surface area contributed by atoms with Crippen LogP contribution >= 0.6 is 0 Å². The zero-order chi connectivity index (χ0) is 28.7. The predicted octanol–water partition coefficient (Wildman–Crippen LogP) is 7.16. The van der Waals surface area contributed by atoms with Crippen LogP contribution in [0.1, 0.15) is 28.4 Å². The van der Waals surface area contributed by atoms with E-state index in [2.05, 4.69) is 9.97 Å². The van der Waals surface area contributed by atoms with Crippen molar-refractivity contribution in [1.82, 2.24) is 19.7 Å². The highest BCUT2D eigenvalue weighted by Gasteiger charge is 2.16. The molecular formula is C33H28N4O5. The quantitative estimate of drug-likeness (QED) is 0.165. The number of hydrogen-bond donors (Lipinski definition) is 0. The predicted molar refractivity (Wildman–Crippen MR) is 157 cm³/mol. The summed E-state index contributed by atoms with van der Waals surface area (Å²) in [5.74, 6) is 3.30. The van der Waals surface area contributed by atoms with Crippen LogP contribution in [-0.2, 0) is 13.2 Å². The van der Waals surface area contributed by atoms with E-state index in [1.807, 2.05) is 96.6 Å². The minimum atomic E-state index is 0.216. The molecule has 4 aromatic heterocycles. The van der Waals surface area contributed by atoms with E-state index < -0.39 is 0 Å². The topological polar surface area (TPSA) is 97.6 Å². The van der Waals surface area contributed by atoms with Crippen molar-refractivity contribution in [2.75, 3.05) is 7.11 Å². The van der Waals surface area contributed by atoms with Gasteiger partial charge in [0.25, 0.3) is 5.89 Å². The maximum absolute atomic E-state index is 6.10. The monoisotopic (exact) mass is 560 g/mol. The summed E-state index contributed by atoms with van der Waals surface area (Å²) in [6.07, 6.45) is 7.26. The summed E-state index contributed by atoms with van der Waals surface area (Å²) in [7, 11) is 1.60. The van der Waals surface area contributed by atoms with Gasteiger partial charge in [-0.15, -0.1) is 5.10 Å². The van der Waals surface area contributed by atoms with Gasteiger partial charge in [-0.2, -0.15) is 0 Å². The fourth-order valence-corrected chi connectivity index (χ4v) is 4.28. The first-order chi connectivity index (χ1) is 20.7. The summed E-state index contributed by atoms with van der Waals surface area (Å²) in [6.45, 7) is 2.35. The molecular weight excluding hydrogens is 532 g/mol. The number of hydrogen-bond acceptors (Lipinski definition) is 8. The number of furan rings is 1. The van der Waals surface area contributed by atoms with Gasteiger partial charge in [0.2, 0.25) is 5.88 Å². The second kappa shape index (κ2) is 12.3. The summed E-state index contributed by atoms with van der Waals surface area (Å²) < 4.78 is 30.7. The van der Waals surface area contributed by atoms with E-state index in [1.54, 1.807) is 31.7 Å². The average molecular weight is 561 g/mol. The number of nitrogens with zero attached hydrogens (tertiary/aromatic N) is 4. The van der Waals surface area contributed by atoms with Gasteiger partial charge >= 0.3 is 0 Å². The van der Waals surface area contributed by atoms with Crippen molar-refractivity contribution in [1.29, 1.82) is 0 Å². The van der Waals surface area contributed by atoms with Crippen molar-refractivity contribution in [3.63, 3.8) is 0 Å². The summed E-state index contributed by atoms with van der Waals surface area (Å²) >= 11 is 0. The Morgan fingerprint density at radius 2 is 1.74 bits per heavy atom. The summed E-state index contributed by atoms with van der Waals surface area (Å²) in [6, 6.07) is 26.9. The standard InChI is InChI=1S/C33H28N4O5/c1-23-28(35-33(42-23)30-12-8-18-39-30)22-40-29-16-13-24(19-31(29)38-2)21-41-32-20-27(15-14-25-9-6-7-17-34-25)37(36-32)26-10-4-3-5-11-26/h3-20H,21-22H2,1-2H3. The van der Waals surface area contributed by atoms with Gasteiger partial charge in [0.15, 0.2) is 17.3 Å². The summed E-state index contributed by atoms with van der Waals surface area (Å²) in [5.41, 5.74) is 4.22. The van der Waals surface area contributed by atoms with Crippen LogP contribution in [-0.4, -0.2) is 26.9 Å². The van der Waals surface area contributed by atoms with Crippen molar-refractivity contribution >= 4 is 12.2 Å². The van der Waals surface area contributed by atoms with Crippen LogP contribution in [0.25, 0.3) is 29.5 Å². The van der Waals surface area contributed by atoms with Gasteiger partial charge in [0.1, 0.15) is 24.7 Å². The number of pyridine rings is 1. The molecule has 9 nitrogen and oxygen atoms in total. The highest BCUT2D eigenvalue weighted by atomic mass is 16.5. The highest BCUT2D eigenvalue weighted by Crippen LogP contribution is 2.30. The van der Waals surface area contributed by atoms with Gasteiger partial charge in [-0.25, -0.2) is 9.67 Å². The van der Waals surface area contributed by atoms with Crippen molar-refractivity contribution in [3.05, 3.63) is 126 Å². The molecule has 0 amide bonds. The van der Waals surface area contributed by atoms with Gasteiger partial charge in [-0.05, 0) is 73.2 Å². The Balaban J connectivity index is 1.15. The highest BCUT2D eigenvalue weighted by molar-refractivity contribution is 5.67. The second-order valence-corrected chi connectivity index (χ2v) is 9.30. The molecule has 0 aliphatic heterocycles. The van der Waals surface area contributed by atoms with Gasteiger partial charge in [0.05, 0.1) is 30.4 Å². The number of rotatable bonds is 11. The third kappa shape index (κ3) is 6.10. The minimum absolute atomic E-state index is 0.216. The van der Waals surface area contributed by atoms with Crippen molar-refractivity contribution in [3.8, 4) is 34.7 Å². The molecule has 0 bridgehead atoms. The zero-order valence-corrected chi connectivity index (χ0v) is 23.1. The number of ether oxygens (including phenoxy) is 3. The molecule has 0 radical (unpaired) electrons. The molecule has 0 aliphatic carbocycles. The van der Waals surface area contributed by atoms with E-state index in [0.29, 0.717) is 47.1 Å². The number of benzene rings is 2. The summed E-state index contributed by atoms with van der Waals surface area (Å²) in [5, 5.41) is 4.70. The minimum Gasteiger partial charge on any atom is -0.493 e. The molecule has 0 aliphatic rings. The van der Waals surface area contributed by atoms with Crippen LogP contribution in [0.15, 0.2) is 106 Å². The number of aryl methyl sites for hydroxylation is 1. The maximum atomic E-state index is 6.10. The van der Waals surface area contributed by atoms with Crippen LogP contribution in [0.2, 0.25) is 0 Å². The fraction of sp³-hybridized carbons (Fsp3) is 0.121. The lowest BCUT2D eigenvalue weighted by atomic mass is 10.2. The molecule has 210 valence electrons. The molecule has 6 aromatic rings. The molecule has 0 atom stereocenters. The first-order valence-corrected chi connectivity index (χ1v) is 13.3. The second-order valence-electron chi connectivity index (χ2n) is 9.30. The lowest BCUT2D eigenvalue weighted by molar-refractivity contribution is 0.275. The van der Waals surface area contributed by atoms with Gasteiger partial charge < -0.3 is 23.0 Å². The molecule has 0 unspecified atom stereocenters. The number of aromatic nitrogens is 4. The van der Waals surface area contributed by atoms with Crippen LogP contribution in [0.3, 0.4) is 0 Å². The molecule has 9 heteroatoms. The van der Waals surface area contributed by atoms with Gasteiger partial charge in [-0.1, -0.05) is 30.3 Å². The van der Waals surface area contributed by atoms with E-state index in [0.717, 1.165) is 22.6 Å². The van der Waals surface area contributed by atoms with E-state index in [1.165, 1.54) is 0 Å². The van der Waals surface area contributed by atoms with E-state index >= 15 is 0 Å². The van der Waals surface area contributed by atoms with Crippen molar-refractivity contribution in [2.24, 2.45) is 0 Å². The molecule has 0 saturated heterocycles. The summed E-state index contributed by atoms with van der Waals surface area (Å²) in [4.78, 5) is 8.87. The van der Waals surface area contributed by atoms with E-state index in [4.69, 9.17) is 28.1 Å². The third-order valence-corrected chi connectivity index (χ3v) is 6.43. The Bertz CT molecular complexity index is 1770. The lowest BCUT2D eigenvalue weighted by Gasteiger charge is -2.12. The smallest absolute Gasteiger partial charge is 0.263 e. The van der Waals surface area contributed by atoms with E-state index in [-0.39, 0.29) is 6.61 Å². The Morgan fingerprint density at radius 3 is 2.52 bits per heavy atom. The SMILES string of the molecule is COc1cc(COc2cc(C=Cc3ccccn3)n(-c3ccccc3)n2)ccc1OCc1nc(-c2ccco2)oc1C. The molecule has 6 rings (SSSR count). The Kier molecular flexibility index (Phi) is 7.80. The first kappa shape index (κ1) is 26.6. The maximum Gasteiger partial charge on any atom is 0.263 e. The van der Waals surface area contributed by atoms with Crippen LogP contribution < -0.4 is 14.2 Å². The van der Waals surface area contributed by atoms with Crippen LogP contribution in [0.4, 0.5) is 0 Å². The van der Waals surface area contributed by atoms with Crippen LogP contribution in [0.5, 0.6) is 17.4 Å². The third-order valence-electron chi connectivity index (χ3n) is 6.43. The Morgan fingerprint density at radius 1 is 0.857 bits per heavy atom. The molecule has 42 heavy (non-hydrogen) atoms. The van der Waals surface area contributed by atoms with E-state index in [9.17, 15) is 0 Å². The van der Waals surface area contributed by atoms with Crippen molar-refractivity contribution in [2.45, 2.75) is 20.1 Å². The van der Waals surface area contributed by atoms with Crippen molar-refractivity contribution < 1.29 is 23.0 Å². The molecule has 0 spiro atoms. The Labute approximate surface area is 242 Å². The lowest BCUT2D eigenvalue weighted by Crippen LogP contribution is -2.02. The largest absolute Gasteiger partial charge is 0.493 e. The molecule has 0 N–H and O–H groups in total. The molecule has 0 fully saturated rings. The van der Waals surface area contributed by atoms with Gasteiger partial charge in [0, 0.05) is 12.3 Å². The average Bonchev–Trinajstić information content (AvgIpc) is 3.79. The first-order valence-electron chi connectivity index (χ1n) is 13.3. The fourth-order valence-electron chi connectivity index (χ4n) is 4.28. The van der Waals surface area contributed by atoms with Crippen LogP contribution in [0, 0.1) is 6.92 Å². The van der Waals surface area contributed by atoms with Gasteiger partial charge in [-0.3, -0.25) is 4.98 Å². The molecule has 4 heterocycles. The number of methoxy groups -OCH3 is 1. The normalized spacial score (nSPS) is 11.2. The molecule has 0 saturated carbocycles. The number of oxazole rings is 1. The zero-order valence-electron chi connectivity index (χ0n) is 23.1. The Hall–Kier alpha value is -5.57. The number of para-hydroxylation sites is 1.